The molecule has 1 aromatic carbocycles. The van der Waals surface area contributed by atoms with E-state index in [4.69, 9.17) is 9.47 Å². The minimum absolute atomic E-state index is 0.0963. The van der Waals surface area contributed by atoms with Crippen LogP contribution >= 0.6 is 0 Å². The molecule has 1 atom stereocenters. The van der Waals surface area contributed by atoms with Crippen molar-refractivity contribution in [2.24, 2.45) is 10.9 Å². The fraction of sp³-hybridized carbons (Fsp3) is 0.385. The number of carbonyl (C=O) groups excluding carboxylic acids is 1. The molecule has 0 bridgehead atoms. The predicted molar refractivity (Wildman–Crippen MR) is 63.7 cm³/mol. The molecule has 0 spiro atoms. The van der Waals surface area contributed by atoms with Crippen LogP contribution < -0.4 is 0 Å². The van der Waals surface area contributed by atoms with Crippen molar-refractivity contribution in [2.75, 3.05) is 13.2 Å². The van der Waals surface area contributed by atoms with E-state index in [2.05, 4.69) is 4.99 Å². The zero-order valence-electron chi connectivity index (χ0n) is 9.76. The molecule has 0 aromatic heterocycles. The second-order valence-electron chi connectivity index (χ2n) is 4.12. The van der Waals surface area contributed by atoms with Crippen molar-refractivity contribution in [3.05, 3.63) is 35.9 Å². The number of ether oxygens (including phenoxy) is 2. The molecule has 0 saturated carbocycles. The number of esters is 1. The minimum Gasteiger partial charge on any atom is -0.472 e. The number of benzene rings is 1. The number of rotatable bonds is 3. The van der Waals surface area contributed by atoms with Crippen LogP contribution in [0.1, 0.15) is 12.5 Å². The zero-order chi connectivity index (χ0) is 12.1. The summed E-state index contributed by atoms with van der Waals surface area (Å²) in [6.45, 7) is 3.42. The van der Waals surface area contributed by atoms with Gasteiger partial charge in [0.25, 0.3) is 5.90 Å². The summed E-state index contributed by atoms with van der Waals surface area (Å²) >= 11 is 0. The Hall–Kier alpha value is -1.84. The molecule has 17 heavy (non-hydrogen) atoms. The summed E-state index contributed by atoms with van der Waals surface area (Å²) in [6, 6.07) is 9.53. The van der Waals surface area contributed by atoms with Gasteiger partial charge in [0.15, 0.2) is 0 Å². The molecule has 1 unspecified atom stereocenters. The highest BCUT2D eigenvalue weighted by Crippen LogP contribution is 2.07. The van der Waals surface area contributed by atoms with Crippen molar-refractivity contribution in [2.45, 2.75) is 13.5 Å². The average molecular weight is 233 g/mol. The van der Waals surface area contributed by atoms with Gasteiger partial charge in [-0.25, -0.2) is 9.79 Å². The fourth-order valence-corrected chi connectivity index (χ4v) is 1.47. The lowest BCUT2D eigenvalue weighted by molar-refractivity contribution is -0.138. The maximum atomic E-state index is 11.6. The van der Waals surface area contributed by atoms with E-state index >= 15 is 0 Å². The largest absolute Gasteiger partial charge is 0.472 e. The van der Waals surface area contributed by atoms with Crippen LogP contribution in [0.15, 0.2) is 35.3 Å². The van der Waals surface area contributed by atoms with E-state index in [-0.39, 0.29) is 12.5 Å². The molecule has 0 aliphatic carbocycles. The number of hydrogen-bond donors (Lipinski definition) is 0. The van der Waals surface area contributed by atoms with E-state index in [1.54, 1.807) is 0 Å². The second-order valence-corrected chi connectivity index (χ2v) is 4.12. The monoisotopic (exact) mass is 233 g/mol. The number of nitrogens with zero attached hydrogens (tertiary/aromatic N) is 1. The summed E-state index contributed by atoms with van der Waals surface area (Å²) in [7, 11) is 0. The molecule has 4 heteroatoms. The van der Waals surface area contributed by atoms with Gasteiger partial charge < -0.3 is 9.47 Å². The van der Waals surface area contributed by atoms with Gasteiger partial charge >= 0.3 is 5.97 Å². The first-order chi connectivity index (χ1) is 8.25. The summed E-state index contributed by atoms with van der Waals surface area (Å²) in [5.41, 5.74) is 0.950. The lowest BCUT2D eigenvalue weighted by Crippen LogP contribution is -2.28. The Labute approximate surface area is 100 Å². The lowest BCUT2D eigenvalue weighted by Gasteiger charge is -2.17. The topological polar surface area (TPSA) is 47.9 Å². The summed E-state index contributed by atoms with van der Waals surface area (Å²) in [6.07, 6.45) is 0. The minimum atomic E-state index is -0.485. The molecule has 0 saturated heterocycles. The Balaban J connectivity index is 1.86. The third-order valence-electron chi connectivity index (χ3n) is 2.44. The van der Waals surface area contributed by atoms with Crippen molar-refractivity contribution in [1.82, 2.24) is 0 Å². The molecule has 1 heterocycles. The summed E-state index contributed by atoms with van der Waals surface area (Å²) < 4.78 is 10.3. The van der Waals surface area contributed by atoms with Crippen molar-refractivity contribution in [3.8, 4) is 0 Å². The predicted octanol–water partition coefficient (Wildman–Crippen LogP) is 1.79. The molecule has 0 amide bonds. The van der Waals surface area contributed by atoms with Gasteiger partial charge in [-0.2, -0.15) is 0 Å². The van der Waals surface area contributed by atoms with Crippen molar-refractivity contribution in [1.29, 1.82) is 0 Å². The lowest BCUT2D eigenvalue weighted by atomic mass is 10.2. The second kappa shape index (κ2) is 5.48. The number of aliphatic imine (C=N–C) groups is 1. The van der Waals surface area contributed by atoms with Crippen LogP contribution in [-0.2, 0) is 20.9 Å². The van der Waals surface area contributed by atoms with E-state index in [0.29, 0.717) is 19.1 Å². The van der Waals surface area contributed by atoms with Gasteiger partial charge in [-0.3, -0.25) is 0 Å². The third-order valence-corrected chi connectivity index (χ3v) is 2.44. The van der Waals surface area contributed by atoms with E-state index in [1.807, 2.05) is 37.3 Å². The van der Waals surface area contributed by atoms with E-state index in [9.17, 15) is 4.79 Å². The number of carbonyl (C=O) groups is 1. The van der Waals surface area contributed by atoms with Crippen LogP contribution in [0.5, 0.6) is 0 Å². The van der Waals surface area contributed by atoms with Crippen LogP contribution in [0, 0.1) is 5.92 Å². The summed E-state index contributed by atoms with van der Waals surface area (Å²) in [5, 5.41) is 0. The third kappa shape index (κ3) is 3.31. The molecule has 4 nitrogen and oxygen atoms in total. The van der Waals surface area contributed by atoms with Crippen molar-refractivity contribution >= 4 is 11.9 Å². The van der Waals surface area contributed by atoms with Gasteiger partial charge in [-0.1, -0.05) is 37.3 Å². The van der Waals surface area contributed by atoms with Gasteiger partial charge in [-0.15, -0.1) is 0 Å². The normalized spacial score (nSPS) is 19.1. The van der Waals surface area contributed by atoms with E-state index < -0.39 is 5.97 Å². The highest BCUT2D eigenvalue weighted by atomic mass is 16.6. The summed E-state index contributed by atoms with van der Waals surface area (Å²) in [4.78, 5) is 15.6. The van der Waals surface area contributed by atoms with E-state index in [1.165, 1.54) is 0 Å². The Morgan fingerprint density at radius 3 is 2.88 bits per heavy atom. The highest BCUT2D eigenvalue weighted by Gasteiger charge is 2.20. The Bertz CT molecular complexity index is 414. The molecular weight excluding hydrogens is 218 g/mol. The van der Waals surface area contributed by atoms with Gasteiger partial charge in [-0.05, 0) is 5.56 Å². The van der Waals surface area contributed by atoms with Crippen molar-refractivity contribution < 1.29 is 14.3 Å². The van der Waals surface area contributed by atoms with Gasteiger partial charge in [0.1, 0.15) is 6.61 Å². The summed E-state index contributed by atoms with van der Waals surface area (Å²) in [5.74, 6) is -0.0274. The maximum Gasteiger partial charge on any atom is 0.394 e. The first-order valence-corrected chi connectivity index (χ1v) is 5.64. The van der Waals surface area contributed by atoms with Gasteiger partial charge in [0.2, 0.25) is 0 Å². The van der Waals surface area contributed by atoms with Crippen LogP contribution in [-0.4, -0.2) is 25.0 Å². The molecular formula is C13H15NO3. The molecule has 0 fully saturated rings. The Morgan fingerprint density at radius 2 is 2.24 bits per heavy atom. The molecule has 0 radical (unpaired) electrons. The van der Waals surface area contributed by atoms with E-state index in [0.717, 1.165) is 5.56 Å². The standard InChI is InChI=1S/C13H15NO3/c1-10-7-14-12(16-8-10)13(15)17-9-11-5-3-2-4-6-11/h2-6,10H,7-9H2,1H3. The smallest absolute Gasteiger partial charge is 0.394 e. The van der Waals surface area contributed by atoms with Crippen LogP contribution in [0.4, 0.5) is 0 Å². The van der Waals surface area contributed by atoms with Crippen LogP contribution in [0.25, 0.3) is 0 Å². The average Bonchev–Trinajstić information content (AvgIpc) is 2.38. The van der Waals surface area contributed by atoms with Crippen LogP contribution in [0.3, 0.4) is 0 Å². The molecule has 2 rings (SSSR count). The molecule has 0 N–H and O–H groups in total. The quantitative estimate of drug-likeness (QED) is 0.748. The maximum absolute atomic E-state index is 11.6. The highest BCUT2D eigenvalue weighted by molar-refractivity contribution is 6.32. The fourth-order valence-electron chi connectivity index (χ4n) is 1.47. The SMILES string of the molecule is CC1CN=C(C(=O)OCc2ccccc2)OC1. The van der Waals surface area contributed by atoms with Crippen LogP contribution in [0.2, 0.25) is 0 Å². The zero-order valence-corrected chi connectivity index (χ0v) is 9.76. The number of hydrogen-bond acceptors (Lipinski definition) is 4. The molecule has 1 aliphatic heterocycles. The first kappa shape index (κ1) is 11.6. The van der Waals surface area contributed by atoms with Gasteiger partial charge in [0, 0.05) is 12.5 Å². The first-order valence-electron chi connectivity index (χ1n) is 5.64. The molecule has 1 aromatic rings. The Morgan fingerprint density at radius 1 is 1.47 bits per heavy atom. The molecule has 90 valence electrons. The Kier molecular flexibility index (Phi) is 3.75. The molecule has 1 aliphatic rings. The van der Waals surface area contributed by atoms with Crippen molar-refractivity contribution in [3.63, 3.8) is 0 Å². The van der Waals surface area contributed by atoms with Gasteiger partial charge in [0.05, 0.1) is 6.61 Å².